The second-order valence-corrected chi connectivity index (χ2v) is 107. The normalized spacial score (nSPS) is 16.6. The van der Waals surface area contributed by atoms with Crippen molar-refractivity contribution in [1.82, 2.24) is 0 Å². The molecular formula is C66H166O23Si18. The van der Waals surface area contributed by atoms with Gasteiger partial charge in [0.05, 0.1) is 12.2 Å². The molecule has 0 saturated heterocycles. The summed E-state index contributed by atoms with van der Waals surface area (Å²) in [4.78, 5) is 31.0. The number of unbranched alkanes of at least 4 members (excludes halogenated alkanes) is 16. The van der Waals surface area contributed by atoms with Crippen LogP contribution in [0.15, 0.2) is 0 Å². The first kappa shape index (κ1) is 109. The molecule has 0 bridgehead atoms. The smallest absolute Gasteiger partial charge is 0.347 e. The molecule has 107 heavy (non-hydrogen) atoms. The molecule has 4 unspecified atom stereocenters. The quantitative estimate of drug-likeness (QED) is 0.0191. The number of hydrogen-bond donors (Lipinski definition) is 4. The first-order valence-corrected chi connectivity index (χ1v) is 92.2. The summed E-state index contributed by atoms with van der Waals surface area (Å²) in [6.07, 6.45) is 14.0. The molecule has 0 aliphatic heterocycles. The third kappa shape index (κ3) is 44.2. The monoisotopic (exact) mass is 1830 g/mol. The predicted molar refractivity (Wildman–Crippen MR) is 480 cm³/mol. The third-order valence-electron chi connectivity index (χ3n) is 16.8. The van der Waals surface area contributed by atoms with E-state index in [9.17, 15) is 20.4 Å². The minimum atomic E-state index is -4.14. The van der Waals surface area contributed by atoms with Crippen LogP contribution in [0.3, 0.4) is 0 Å². The van der Waals surface area contributed by atoms with Gasteiger partial charge in [0.25, 0.3) is 0 Å². The molecule has 0 heterocycles. The van der Waals surface area contributed by atoms with Crippen molar-refractivity contribution in [2.75, 3.05) is 0 Å². The van der Waals surface area contributed by atoms with Crippen LogP contribution in [0.25, 0.3) is 0 Å². The number of ether oxygens (including phenoxy) is 1. The van der Waals surface area contributed by atoms with E-state index in [1.165, 1.54) is 25.7 Å². The Labute approximate surface area is 674 Å². The van der Waals surface area contributed by atoms with Gasteiger partial charge >= 0.3 is 132 Å². The van der Waals surface area contributed by atoms with Gasteiger partial charge in [-0.1, -0.05) is 129 Å². The van der Waals surface area contributed by atoms with Gasteiger partial charge in [-0.05, 0) is 262 Å². The second-order valence-electron chi connectivity index (χ2n) is 39.0. The summed E-state index contributed by atoms with van der Waals surface area (Å²) in [7, 11) is -54.0. The summed E-state index contributed by atoms with van der Waals surface area (Å²) in [6.45, 7) is 78.7. The predicted octanol–water partition coefficient (Wildman–Crippen LogP) is 19.3. The molecule has 23 nitrogen and oxygen atoms in total. The van der Waals surface area contributed by atoms with E-state index in [-0.39, 0.29) is 12.8 Å². The summed E-state index contributed by atoms with van der Waals surface area (Å²) >= 11 is 0. The maximum absolute atomic E-state index is 15.5. The Hall–Kier alpha value is 2.24. The van der Waals surface area contributed by atoms with Crippen molar-refractivity contribution in [1.29, 1.82) is 0 Å². The standard InChI is InChI=1S/C66H166O23Si18/c1-41-43-45-47-49-51-53-55-57-59-61(67)65(71,92(9,10)76-96(17,18)80-100(25,26)84-104(33,34)88-106(37,38)86-102(29,30)82-98(21,22)78-94(13,14)74-90(3,4)5)63(69)73-64(70)66(72,62(68)60-58-56-54-52-50-48-46-44-42-2)93(11,12)77-97(19,20)81-101(27,28)85-105(35,36)89-107(39,40)87-103(31,32)83-99(23,24)79-95(15,16)75-91(6,7)8/h61-62,67-68,71-72H,41-60H2,1-40H3. The molecule has 4 N–H and O–H groups in total. The van der Waals surface area contributed by atoms with Crippen LogP contribution in [0.5, 0.6) is 0 Å². The van der Waals surface area contributed by atoms with E-state index in [0.717, 1.165) is 77.0 Å². The molecule has 0 aromatic rings. The van der Waals surface area contributed by atoms with Gasteiger partial charge in [-0.2, -0.15) is 0 Å². The zero-order valence-corrected chi connectivity index (χ0v) is 93.8. The highest BCUT2D eigenvalue weighted by Crippen LogP contribution is 2.40. The van der Waals surface area contributed by atoms with Gasteiger partial charge in [-0.3, -0.25) is 0 Å². The maximum Gasteiger partial charge on any atom is 0.347 e. The van der Waals surface area contributed by atoms with E-state index < -0.39 is 188 Å². The van der Waals surface area contributed by atoms with Crippen LogP contribution in [-0.2, 0) is 80.2 Å². The van der Waals surface area contributed by atoms with E-state index in [2.05, 4.69) is 79.3 Å². The molecule has 0 aromatic heterocycles. The Balaban J connectivity index is 7.53. The lowest BCUT2D eigenvalue weighted by Crippen LogP contribution is -2.74. The third-order valence-corrected chi connectivity index (χ3v) is 85.6. The number of aliphatic hydroxyl groups excluding tert-OH is 2. The van der Waals surface area contributed by atoms with Gasteiger partial charge in [0.15, 0.2) is 16.6 Å². The molecule has 0 amide bonds. The van der Waals surface area contributed by atoms with Crippen LogP contribution in [0.4, 0.5) is 0 Å². The van der Waals surface area contributed by atoms with E-state index in [1.807, 2.05) is 131 Å². The van der Waals surface area contributed by atoms with Gasteiger partial charge in [0.1, 0.15) is 0 Å². The van der Waals surface area contributed by atoms with Crippen molar-refractivity contribution in [3.63, 3.8) is 0 Å². The van der Waals surface area contributed by atoms with Crippen LogP contribution in [0.1, 0.15) is 142 Å². The first-order chi connectivity index (χ1) is 47.3. The number of carbonyl (C=O) groups excluding carboxylic acids is 2. The Morgan fingerprint density at radius 2 is 0.374 bits per heavy atom. The van der Waals surface area contributed by atoms with Crippen molar-refractivity contribution < 1.29 is 101 Å². The van der Waals surface area contributed by atoms with Gasteiger partial charge in [0.2, 0.25) is 27.1 Å². The highest BCUT2D eigenvalue weighted by Gasteiger charge is 2.66. The Bertz CT molecular complexity index is 2490. The topological polar surface area (TPSA) is 272 Å². The fraction of sp³-hybridized carbons (Fsp3) is 0.970. The van der Waals surface area contributed by atoms with Crippen LogP contribution in [0, 0.1) is 0 Å². The highest BCUT2D eigenvalue weighted by molar-refractivity contribution is 6.96. The number of rotatable bonds is 58. The van der Waals surface area contributed by atoms with Crippen molar-refractivity contribution in [3.05, 3.63) is 0 Å². The van der Waals surface area contributed by atoms with E-state index in [4.69, 9.17) is 70.6 Å². The average Bonchev–Trinajstić information content (AvgIpc) is 0.743. The minimum absolute atomic E-state index is 0.0337. The van der Waals surface area contributed by atoms with Gasteiger partial charge in [-0.15, -0.1) is 0 Å². The Morgan fingerprint density at radius 3 is 0.533 bits per heavy atom. The molecule has 41 heteroatoms. The van der Waals surface area contributed by atoms with E-state index in [1.54, 1.807) is 52.4 Å². The van der Waals surface area contributed by atoms with Gasteiger partial charge < -0.3 is 91.0 Å². The summed E-state index contributed by atoms with van der Waals surface area (Å²) in [6, 6.07) is 0. The zero-order valence-electron chi connectivity index (χ0n) is 75.8. The molecule has 0 aliphatic carbocycles. The fourth-order valence-electron chi connectivity index (χ4n) is 15.8. The van der Waals surface area contributed by atoms with Crippen LogP contribution in [0.2, 0.25) is 249 Å². The highest BCUT2D eigenvalue weighted by atomic mass is 28.5. The summed E-state index contributed by atoms with van der Waals surface area (Å²) < 4.78 is 116. The summed E-state index contributed by atoms with van der Waals surface area (Å²) in [5, 5.41) is 46.2. The molecule has 640 valence electrons. The summed E-state index contributed by atoms with van der Waals surface area (Å²) in [5.41, 5.74) is 0. The molecule has 0 fully saturated rings. The van der Waals surface area contributed by atoms with Gasteiger partial charge in [-0.25, -0.2) is 9.59 Å². The number of hydrogen-bond acceptors (Lipinski definition) is 23. The summed E-state index contributed by atoms with van der Waals surface area (Å²) in [5.74, 6) is -3.00. The van der Waals surface area contributed by atoms with Crippen molar-refractivity contribution in [2.45, 2.75) is 414 Å². The van der Waals surface area contributed by atoms with Crippen molar-refractivity contribution in [3.8, 4) is 0 Å². The zero-order chi connectivity index (χ0) is 84.5. The first-order valence-electron chi connectivity index (χ1n) is 40.1. The van der Waals surface area contributed by atoms with Crippen molar-refractivity contribution >= 4 is 165 Å². The Morgan fingerprint density at radius 1 is 0.234 bits per heavy atom. The minimum Gasteiger partial charge on any atom is -0.437 e. The second kappa shape index (κ2) is 42.5. The Kier molecular flexibility index (Phi) is 43.3. The largest absolute Gasteiger partial charge is 0.437 e. The molecule has 0 radical (unpaired) electrons. The molecule has 0 rings (SSSR count). The maximum atomic E-state index is 15.5. The van der Waals surface area contributed by atoms with Crippen LogP contribution >= 0.6 is 0 Å². The van der Waals surface area contributed by atoms with E-state index >= 15 is 9.59 Å². The lowest BCUT2D eigenvalue weighted by Gasteiger charge is -2.48. The number of aliphatic hydroxyl groups is 4. The molecule has 0 aliphatic rings. The van der Waals surface area contributed by atoms with E-state index in [0.29, 0.717) is 12.8 Å². The molecule has 0 aromatic carbocycles. The average molecular weight is 1830 g/mol. The van der Waals surface area contributed by atoms with Crippen LogP contribution < -0.4 is 0 Å². The molecular weight excluding hydrogens is 1670 g/mol. The van der Waals surface area contributed by atoms with Gasteiger partial charge in [0, 0.05) is 0 Å². The van der Waals surface area contributed by atoms with Crippen LogP contribution in [-0.4, -0.2) is 208 Å². The fourth-order valence-corrected chi connectivity index (χ4v) is 106. The van der Waals surface area contributed by atoms with Crippen molar-refractivity contribution in [2.24, 2.45) is 0 Å². The lowest BCUT2D eigenvalue weighted by molar-refractivity contribution is -0.187. The number of carbonyl (C=O) groups is 2. The SMILES string of the molecule is CCCCCCCCCCCC(O)C(O)(C(=O)OC(=O)C(O)(C(O)CCCCCCCCCCC)[Si](C)(C)O[Si](C)(C)O[Si](C)(C)O[Si](C)(C)O[Si](C)(C)O[Si](C)(C)O[Si](C)(C)O[Si](C)(C)O[Si](C)(C)C)[Si](C)(C)O[Si](C)(C)O[Si](C)(C)O[Si](C)(C)O[Si](C)(C)O[Si](C)(C)O[Si](C)(C)O[Si](C)(C)O[Si](C)(C)C. The molecule has 0 spiro atoms. The number of esters is 2. The molecule has 0 saturated carbocycles. The lowest BCUT2D eigenvalue weighted by atomic mass is 10.0. The molecule has 4 atom stereocenters.